The minimum atomic E-state index is -2.95. The van der Waals surface area contributed by atoms with E-state index in [0.717, 1.165) is 30.7 Å². The fraction of sp³-hybridized carbons (Fsp3) is 0.769. The van der Waals surface area contributed by atoms with Gasteiger partial charge in [-0.25, -0.2) is 8.42 Å². The molecule has 1 aromatic heterocycles. The van der Waals surface area contributed by atoms with Gasteiger partial charge in [-0.05, 0) is 31.4 Å². The molecule has 0 aromatic carbocycles. The lowest BCUT2D eigenvalue weighted by molar-refractivity contribution is 0.573. The Morgan fingerprint density at radius 2 is 1.89 bits per heavy atom. The first-order valence-corrected chi connectivity index (χ1v) is 8.79. The summed E-state index contributed by atoms with van der Waals surface area (Å²) >= 11 is 0. The summed E-state index contributed by atoms with van der Waals surface area (Å²) in [6.07, 6.45) is 2.53. The number of rotatable bonds is 8. The first kappa shape index (κ1) is 16.2. The zero-order chi connectivity index (χ0) is 14.5. The van der Waals surface area contributed by atoms with E-state index >= 15 is 0 Å². The summed E-state index contributed by atoms with van der Waals surface area (Å²) in [5.74, 6) is 0.343. The molecule has 0 aliphatic rings. The Hall–Kier alpha value is -0.880. The van der Waals surface area contributed by atoms with E-state index in [-0.39, 0.29) is 11.5 Å². The molecule has 0 saturated heterocycles. The molecule has 1 heterocycles. The van der Waals surface area contributed by atoms with Crippen LogP contribution in [0.4, 0.5) is 0 Å². The van der Waals surface area contributed by atoms with Crippen LogP contribution in [0.3, 0.4) is 0 Å². The smallest absolute Gasteiger partial charge is 0.151 e. The summed E-state index contributed by atoms with van der Waals surface area (Å²) in [6.45, 7) is 6.85. The van der Waals surface area contributed by atoms with E-state index in [9.17, 15) is 8.42 Å². The summed E-state index contributed by atoms with van der Waals surface area (Å²) in [5.41, 5.74) is 9.04. The van der Waals surface area contributed by atoms with E-state index in [0.29, 0.717) is 13.1 Å². The van der Waals surface area contributed by atoms with Gasteiger partial charge in [0.2, 0.25) is 0 Å². The predicted molar refractivity (Wildman–Crippen MR) is 78.1 cm³/mol. The molecule has 5 nitrogen and oxygen atoms in total. The number of aromatic nitrogens is 2. The van der Waals surface area contributed by atoms with Crippen LogP contribution >= 0.6 is 0 Å². The molecule has 1 rings (SSSR count). The van der Waals surface area contributed by atoms with Crippen LogP contribution in [0.5, 0.6) is 0 Å². The van der Waals surface area contributed by atoms with Crippen molar-refractivity contribution in [3.63, 3.8) is 0 Å². The Morgan fingerprint density at radius 3 is 2.37 bits per heavy atom. The molecule has 2 N–H and O–H groups in total. The van der Waals surface area contributed by atoms with Gasteiger partial charge in [0.25, 0.3) is 0 Å². The third-order valence-electron chi connectivity index (χ3n) is 3.37. The van der Waals surface area contributed by atoms with E-state index in [2.05, 4.69) is 18.9 Å². The highest BCUT2D eigenvalue weighted by molar-refractivity contribution is 7.91. The number of sulfone groups is 1. The third kappa shape index (κ3) is 4.04. The molecule has 6 heteroatoms. The Balaban J connectivity index is 3.00. The van der Waals surface area contributed by atoms with Crippen LogP contribution in [-0.2, 0) is 35.6 Å². The summed E-state index contributed by atoms with van der Waals surface area (Å²) in [6, 6.07) is 0. The minimum absolute atomic E-state index is 0.156. The van der Waals surface area contributed by atoms with Gasteiger partial charge in [0.1, 0.15) is 0 Å². The Labute approximate surface area is 116 Å². The SMILES string of the molecule is CCc1nn(CCS(=O)(=O)CC)c(CC)c1CCN. The van der Waals surface area contributed by atoms with Gasteiger partial charge in [0.15, 0.2) is 9.84 Å². The van der Waals surface area contributed by atoms with E-state index in [1.54, 1.807) is 6.92 Å². The summed E-state index contributed by atoms with van der Waals surface area (Å²) in [5, 5.41) is 4.55. The first-order chi connectivity index (χ1) is 8.99. The summed E-state index contributed by atoms with van der Waals surface area (Å²) in [7, 11) is -2.95. The lowest BCUT2D eigenvalue weighted by Gasteiger charge is -2.07. The second-order valence-electron chi connectivity index (χ2n) is 4.58. The van der Waals surface area contributed by atoms with Crippen molar-refractivity contribution >= 4 is 9.84 Å². The van der Waals surface area contributed by atoms with Gasteiger partial charge < -0.3 is 5.73 Å². The molecule has 0 radical (unpaired) electrons. The quantitative estimate of drug-likeness (QED) is 0.772. The second kappa shape index (κ2) is 7.05. The molecule has 19 heavy (non-hydrogen) atoms. The van der Waals surface area contributed by atoms with Crippen molar-refractivity contribution in [1.82, 2.24) is 9.78 Å². The summed E-state index contributed by atoms with van der Waals surface area (Å²) < 4.78 is 25.1. The van der Waals surface area contributed by atoms with Gasteiger partial charge in [0, 0.05) is 11.4 Å². The Kier molecular flexibility index (Phi) is 6.00. The van der Waals surface area contributed by atoms with Gasteiger partial charge in [-0.2, -0.15) is 5.10 Å². The second-order valence-corrected chi connectivity index (χ2v) is 7.05. The average molecular weight is 287 g/mol. The van der Waals surface area contributed by atoms with Crippen molar-refractivity contribution in [3.05, 3.63) is 17.0 Å². The zero-order valence-corrected chi connectivity index (χ0v) is 13.0. The molecule has 1 aromatic rings. The number of aryl methyl sites for hydroxylation is 2. The molecule has 0 aliphatic heterocycles. The van der Waals surface area contributed by atoms with Crippen molar-refractivity contribution in [3.8, 4) is 0 Å². The topological polar surface area (TPSA) is 78.0 Å². The van der Waals surface area contributed by atoms with Gasteiger partial charge in [0.05, 0.1) is 18.0 Å². The lowest BCUT2D eigenvalue weighted by atomic mass is 10.1. The highest BCUT2D eigenvalue weighted by atomic mass is 32.2. The van der Waals surface area contributed by atoms with Crippen LogP contribution in [-0.4, -0.2) is 36.2 Å². The van der Waals surface area contributed by atoms with Crippen LogP contribution in [0, 0.1) is 0 Å². The molecule has 0 aliphatic carbocycles. The molecule has 0 unspecified atom stereocenters. The Bertz CT molecular complexity index is 506. The van der Waals surface area contributed by atoms with Crippen LogP contribution in [0.15, 0.2) is 0 Å². The standard InChI is InChI=1S/C13H25N3O2S/c1-4-12-11(7-8-14)13(5-2)16(15-12)9-10-19(17,18)6-3/h4-10,14H2,1-3H3. The fourth-order valence-electron chi connectivity index (χ4n) is 2.26. The maximum Gasteiger partial charge on any atom is 0.151 e. The van der Waals surface area contributed by atoms with E-state index in [1.165, 1.54) is 5.56 Å². The zero-order valence-electron chi connectivity index (χ0n) is 12.1. The highest BCUT2D eigenvalue weighted by Crippen LogP contribution is 2.17. The highest BCUT2D eigenvalue weighted by Gasteiger charge is 2.16. The average Bonchev–Trinajstić information content (AvgIpc) is 2.74. The molecule has 110 valence electrons. The maximum atomic E-state index is 11.6. The van der Waals surface area contributed by atoms with Crippen LogP contribution in [0.25, 0.3) is 0 Å². The van der Waals surface area contributed by atoms with E-state index < -0.39 is 9.84 Å². The molecule has 0 saturated carbocycles. The summed E-state index contributed by atoms with van der Waals surface area (Å²) in [4.78, 5) is 0. The number of hydrogen-bond donors (Lipinski definition) is 1. The van der Waals surface area contributed by atoms with Gasteiger partial charge in [-0.3, -0.25) is 4.68 Å². The van der Waals surface area contributed by atoms with Crippen molar-refractivity contribution in [2.45, 2.75) is 46.6 Å². The van der Waals surface area contributed by atoms with Crippen molar-refractivity contribution in [1.29, 1.82) is 0 Å². The maximum absolute atomic E-state index is 11.6. The largest absolute Gasteiger partial charge is 0.330 e. The molecule has 0 amide bonds. The first-order valence-electron chi connectivity index (χ1n) is 6.96. The van der Waals surface area contributed by atoms with Crippen molar-refractivity contribution < 1.29 is 8.42 Å². The number of nitrogens with zero attached hydrogens (tertiary/aromatic N) is 2. The molecular weight excluding hydrogens is 262 g/mol. The van der Waals surface area contributed by atoms with Crippen molar-refractivity contribution in [2.24, 2.45) is 5.73 Å². The molecule has 0 bridgehead atoms. The van der Waals surface area contributed by atoms with Gasteiger partial charge in [-0.1, -0.05) is 20.8 Å². The number of nitrogens with two attached hydrogens (primary N) is 1. The van der Waals surface area contributed by atoms with Crippen LogP contribution < -0.4 is 5.73 Å². The monoisotopic (exact) mass is 287 g/mol. The van der Waals surface area contributed by atoms with Crippen molar-refractivity contribution in [2.75, 3.05) is 18.1 Å². The minimum Gasteiger partial charge on any atom is -0.330 e. The number of hydrogen-bond acceptors (Lipinski definition) is 4. The molecule has 0 atom stereocenters. The van der Waals surface area contributed by atoms with E-state index in [4.69, 9.17) is 5.73 Å². The molecule has 0 spiro atoms. The van der Waals surface area contributed by atoms with Gasteiger partial charge in [-0.15, -0.1) is 0 Å². The normalized spacial score (nSPS) is 12.0. The lowest BCUT2D eigenvalue weighted by Crippen LogP contribution is -2.17. The van der Waals surface area contributed by atoms with Crippen LogP contribution in [0.1, 0.15) is 37.7 Å². The van der Waals surface area contributed by atoms with E-state index in [1.807, 2.05) is 4.68 Å². The van der Waals surface area contributed by atoms with Crippen LogP contribution in [0.2, 0.25) is 0 Å². The molecular formula is C13H25N3O2S. The predicted octanol–water partition coefficient (Wildman–Crippen LogP) is 0.944. The molecule has 0 fully saturated rings. The third-order valence-corrected chi connectivity index (χ3v) is 5.05. The van der Waals surface area contributed by atoms with Gasteiger partial charge >= 0.3 is 0 Å². The fourth-order valence-corrected chi connectivity index (χ4v) is 3.00. The Morgan fingerprint density at radius 1 is 1.21 bits per heavy atom.